The van der Waals surface area contributed by atoms with E-state index in [-0.39, 0.29) is 11.7 Å². The van der Waals surface area contributed by atoms with E-state index >= 15 is 0 Å². The van der Waals surface area contributed by atoms with E-state index in [1.54, 1.807) is 6.07 Å². The average Bonchev–Trinajstić information content (AvgIpc) is 3.34. The van der Waals surface area contributed by atoms with Gasteiger partial charge in [0.05, 0.1) is 0 Å². The number of anilines is 1. The summed E-state index contributed by atoms with van der Waals surface area (Å²) in [4.78, 5) is 17.4. The van der Waals surface area contributed by atoms with E-state index in [0.29, 0.717) is 17.2 Å². The van der Waals surface area contributed by atoms with Crippen molar-refractivity contribution in [2.45, 2.75) is 20.8 Å². The predicted octanol–water partition coefficient (Wildman–Crippen LogP) is 6.42. The fourth-order valence-corrected chi connectivity index (χ4v) is 3.67. The van der Waals surface area contributed by atoms with E-state index < -0.39 is 0 Å². The fourth-order valence-electron chi connectivity index (χ4n) is 3.67. The molecule has 0 saturated carbocycles. The monoisotopic (exact) mass is 396 g/mol. The molecule has 148 valence electrons. The molecule has 0 saturated heterocycles. The molecule has 0 aliphatic rings. The molecule has 0 spiro atoms. The Hall–Kier alpha value is -3.86. The minimum absolute atomic E-state index is 0.272. The number of aromatic nitrogens is 1. The first kappa shape index (κ1) is 18.2. The smallest absolute Gasteiger partial charge is 0.291 e. The van der Waals surface area contributed by atoms with Gasteiger partial charge in [0.15, 0.2) is 11.3 Å². The average molecular weight is 396 g/mol. The molecule has 1 amide bonds. The summed E-state index contributed by atoms with van der Waals surface area (Å²) in [5.74, 6) is 0.502. The predicted molar refractivity (Wildman–Crippen MR) is 118 cm³/mol. The van der Waals surface area contributed by atoms with Crippen LogP contribution in [-0.4, -0.2) is 10.9 Å². The normalized spacial score (nSPS) is 11.3. The number of nitrogens with one attached hydrogen (secondary N) is 1. The summed E-state index contributed by atoms with van der Waals surface area (Å²) in [5.41, 5.74) is 6.91. The van der Waals surface area contributed by atoms with E-state index in [1.807, 2.05) is 69.3 Å². The number of para-hydroxylation sites is 1. The Bertz CT molecular complexity index is 1390. The van der Waals surface area contributed by atoms with Gasteiger partial charge in [0.2, 0.25) is 5.89 Å². The first-order chi connectivity index (χ1) is 14.5. The Morgan fingerprint density at radius 2 is 1.73 bits per heavy atom. The van der Waals surface area contributed by atoms with Crippen molar-refractivity contribution in [2.75, 3.05) is 5.32 Å². The fraction of sp³-hybridized carbons (Fsp3) is 0.120. The van der Waals surface area contributed by atoms with Crippen LogP contribution >= 0.6 is 0 Å². The van der Waals surface area contributed by atoms with Gasteiger partial charge in [-0.25, -0.2) is 4.98 Å². The number of hydrogen-bond acceptors (Lipinski definition) is 4. The van der Waals surface area contributed by atoms with Crippen LogP contribution in [0.3, 0.4) is 0 Å². The van der Waals surface area contributed by atoms with Crippen LogP contribution in [0.5, 0.6) is 0 Å². The molecular formula is C25H20N2O3. The summed E-state index contributed by atoms with van der Waals surface area (Å²) in [6.45, 7) is 5.99. The maximum atomic E-state index is 12.8. The quantitative estimate of drug-likeness (QED) is 0.382. The molecule has 0 radical (unpaired) electrons. The van der Waals surface area contributed by atoms with E-state index in [1.165, 1.54) is 0 Å². The molecule has 0 bridgehead atoms. The number of amides is 1. The third kappa shape index (κ3) is 3.14. The van der Waals surface area contributed by atoms with Gasteiger partial charge in [-0.05, 0) is 67.8 Å². The molecule has 3 aromatic carbocycles. The van der Waals surface area contributed by atoms with Crippen molar-refractivity contribution >= 4 is 33.7 Å². The van der Waals surface area contributed by atoms with Gasteiger partial charge in [-0.15, -0.1) is 0 Å². The summed E-state index contributed by atoms with van der Waals surface area (Å²) in [7, 11) is 0. The molecule has 0 unspecified atom stereocenters. The number of aryl methyl sites for hydroxylation is 3. The molecule has 5 aromatic rings. The van der Waals surface area contributed by atoms with Crippen LogP contribution in [0.15, 0.2) is 69.5 Å². The van der Waals surface area contributed by atoms with Crippen LogP contribution < -0.4 is 5.32 Å². The second kappa shape index (κ2) is 6.88. The van der Waals surface area contributed by atoms with Crippen LogP contribution in [0.4, 0.5) is 5.69 Å². The highest BCUT2D eigenvalue weighted by atomic mass is 16.4. The standard InChI is InChI=1S/C25H20N2O3/c1-14-10-16(3)23-20(11-14)27-25(30-23)18-9-8-15(2)19(12-18)26-24(28)22-13-17-6-4-5-7-21(17)29-22/h4-13H,1-3H3,(H,26,28). The number of oxazole rings is 1. The highest BCUT2D eigenvalue weighted by Gasteiger charge is 2.16. The number of hydrogen-bond donors (Lipinski definition) is 1. The minimum Gasteiger partial charge on any atom is -0.451 e. The van der Waals surface area contributed by atoms with E-state index in [2.05, 4.69) is 16.4 Å². The highest BCUT2D eigenvalue weighted by Crippen LogP contribution is 2.30. The molecule has 0 aliphatic heterocycles. The number of benzene rings is 3. The summed E-state index contributed by atoms with van der Waals surface area (Å²) in [6.07, 6.45) is 0. The van der Waals surface area contributed by atoms with Crippen molar-refractivity contribution in [2.24, 2.45) is 0 Å². The van der Waals surface area contributed by atoms with Gasteiger partial charge < -0.3 is 14.2 Å². The molecule has 0 atom stereocenters. The number of rotatable bonds is 3. The lowest BCUT2D eigenvalue weighted by Crippen LogP contribution is -2.11. The van der Waals surface area contributed by atoms with Gasteiger partial charge in [0.1, 0.15) is 11.1 Å². The summed E-state index contributed by atoms with van der Waals surface area (Å²) in [6, 6.07) is 19.1. The molecule has 5 heteroatoms. The van der Waals surface area contributed by atoms with Gasteiger partial charge in [0, 0.05) is 16.6 Å². The second-order valence-corrected chi connectivity index (χ2v) is 7.58. The Labute approximate surface area is 173 Å². The molecule has 30 heavy (non-hydrogen) atoms. The molecule has 0 aliphatic carbocycles. The molecule has 2 aromatic heterocycles. The zero-order valence-electron chi connectivity index (χ0n) is 16.9. The molecule has 1 N–H and O–H groups in total. The van der Waals surface area contributed by atoms with E-state index in [4.69, 9.17) is 8.83 Å². The molecular weight excluding hydrogens is 376 g/mol. The maximum Gasteiger partial charge on any atom is 0.291 e. The second-order valence-electron chi connectivity index (χ2n) is 7.58. The van der Waals surface area contributed by atoms with Crippen LogP contribution in [-0.2, 0) is 0 Å². The summed E-state index contributed by atoms with van der Waals surface area (Å²) in [5, 5.41) is 3.84. The zero-order valence-corrected chi connectivity index (χ0v) is 16.9. The number of nitrogens with zero attached hydrogens (tertiary/aromatic N) is 1. The number of carbonyl (C=O) groups excluding carboxylic acids is 1. The summed E-state index contributed by atoms with van der Waals surface area (Å²) < 4.78 is 11.7. The van der Waals surface area contributed by atoms with Gasteiger partial charge >= 0.3 is 0 Å². The van der Waals surface area contributed by atoms with Crippen LogP contribution in [0.1, 0.15) is 27.2 Å². The third-order valence-corrected chi connectivity index (χ3v) is 5.20. The number of fused-ring (bicyclic) bond motifs is 2. The number of furan rings is 1. The lowest BCUT2D eigenvalue weighted by atomic mass is 10.1. The molecule has 5 nitrogen and oxygen atoms in total. The van der Waals surface area contributed by atoms with Gasteiger partial charge in [-0.1, -0.05) is 30.3 Å². The largest absolute Gasteiger partial charge is 0.451 e. The van der Waals surface area contributed by atoms with Crippen LogP contribution in [0, 0.1) is 20.8 Å². The zero-order chi connectivity index (χ0) is 20.8. The van der Waals surface area contributed by atoms with E-state index in [0.717, 1.165) is 38.7 Å². The summed E-state index contributed by atoms with van der Waals surface area (Å²) >= 11 is 0. The first-order valence-corrected chi connectivity index (χ1v) is 9.77. The Kier molecular flexibility index (Phi) is 4.17. The maximum absolute atomic E-state index is 12.8. The Morgan fingerprint density at radius 1 is 0.900 bits per heavy atom. The topological polar surface area (TPSA) is 68.3 Å². The van der Waals surface area contributed by atoms with Crippen molar-refractivity contribution in [3.63, 3.8) is 0 Å². The lowest BCUT2D eigenvalue weighted by molar-refractivity contribution is 0.0998. The highest BCUT2D eigenvalue weighted by molar-refractivity contribution is 6.05. The van der Waals surface area contributed by atoms with Crippen molar-refractivity contribution in [3.05, 3.63) is 83.1 Å². The SMILES string of the molecule is Cc1cc(C)c2oc(-c3ccc(C)c(NC(=O)c4cc5ccccc5o4)c3)nc2c1. The Balaban J connectivity index is 1.49. The van der Waals surface area contributed by atoms with Gasteiger partial charge in [-0.2, -0.15) is 0 Å². The number of carbonyl (C=O) groups is 1. The van der Waals surface area contributed by atoms with Gasteiger partial charge in [0.25, 0.3) is 5.91 Å². The van der Waals surface area contributed by atoms with Crippen molar-refractivity contribution in [1.82, 2.24) is 4.98 Å². The van der Waals surface area contributed by atoms with Crippen LogP contribution in [0.25, 0.3) is 33.5 Å². The molecule has 0 fully saturated rings. The van der Waals surface area contributed by atoms with Gasteiger partial charge in [-0.3, -0.25) is 4.79 Å². The van der Waals surface area contributed by atoms with Crippen molar-refractivity contribution in [3.8, 4) is 11.5 Å². The Morgan fingerprint density at radius 3 is 2.57 bits per heavy atom. The molecule has 5 rings (SSSR count). The molecule has 2 heterocycles. The van der Waals surface area contributed by atoms with Crippen molar-refractivity contribution in [1.29, 1.82) is 0 Å². The minimum atomic E-state index is -0.296. The third-order valence-electron chi connectivity index (χ3n) is 5.20. The first-order valence-electron chi connectivity index (χ1n) is 9.77. The van der Waals surface area contributed by atoms with Crippen LogP contribution in [0.2, 0.25) is 0 Å². The van der Waals surface area contributed by atoms with Crippen molar-refractivity contribution < 1.29 is 13.6 Å². The lowest BCUT2D eigenvalue weighted by Gasteiger charge is -2.08. The van der Waals surface area contributed by atoms with E-state index in [9.17, 15) is 4.79 Å².